The predicted molar refractivity (Wildman–Crippen MR) is 74.6 cm³/mol. The molecule has 0 amide bonds. The van der Waals surface area contributed by atoms with Crippen molar-refractivity contribution in [3.8, 4) is 0 Å². The third-order valence-electron chi connectivity index (χ3n) is 3.82. The normalized spacial score (nSPS) is 37.9. The van der Waals surface area contributed by atoms with Crippen LogP contribution in [0, 0.1) is 0 Å². The first-order chi connectivity index (χ1) is 10.7. The van der Waals surface area contributed by atoms with E-state index >= 15 is 0 Å². The van der Waals surface area contributed by atoms with E-state index < -0.39 is 36.9 Å². The van der Waals surface area contributed by atoms with Gasteiger partial charge in [0, 0.05) is 17.6 Å². The average Bonchev–Trinajstić information content (AvgIpc) is 2.57. The highest BCUT2D eigenvalue weighted by Gasteiger charge is 2.49. The Morgan fingerprint density at radius 2 is 2.09 bits per heavy atom. The van der Waals surface area contributed by atoms with Gasteiger partial charge in [-0.05, 0) is 5.53 Å². The summed E-state index contributed by atoms with van der Waals surface area (Å²) in [6.45, 7) is 0.258. The van der Waals surface area contributed by atoms with Gasteiger partial charge in [0.1, 0.15) is 18.3 Å². The highest BCUT2D eigenvalue weighted by atomic mass is 16.7. The fourth-order valence-electron chi connectivity index (χ4n) is 2.75. The third-order valence-corrected chi connectivity index (χ3v) is 3.82. The minimum Gasteiger partial charge on any atom is -0.387 e. The maximum atomic E-state index is 10.2. The van der Waals surface area contributed by atoms with E-state index in [0.717, 1.165) is 5.56 Å². The molecule has 2 aliphatic heterocycles. The molecular formula is C14H17N3O5. The number of nitrogens with zero attached hydrogens (tertiary/aromatic N) is 3. The predicted octanol–water partition coefficient (Wildman–Crippen LogP) is 1.51. The first kappa shape index (κ1) is 15.2. The van der Waals surface area contributed by atoms with E-state index in [1.54, 1.807) is 0 Å². The van der Waals surface area contributed by atoms with Gasteiger partial charge in [-0.15, -0.1) is 0 Å². The van der Waals surface area contributed by atoms with Crippen molar-refractivity contribution in [1.29, 1.82) is 0 Å². The molecule has 1 aromatic rings. The summed E-state index contributed by atoms with van der Waals surface area (Å²) in [7, 11) is 1.42. The summed E-state index contributed by atoms with van der Waals surface area (Å²) in [5.74, 6) is 0. The fourth-order valence-corrected chi connectivity index (χ4v) is 2.75. The van der Waals surface area contributed by atoms with Crippen molar-refractivity contribution in [1.82, 2.24) is 0 Å². The molecule has 0 radical (unpaired) electrons. The lowest BCUT2D eigenvalue weighted by molar-refractivity contribution is -0.337. The van der Waals surface area contributed by atoms with Crippen molar-refractivity contribution in [3.05, 3.63) is 46.3 Å². The zero-order chi connectivity index (χ0) is 15.5. The Balaban J connectivity index is 1.82. The first-order valence-electron chi connectivity index (χ1n) is 6.97. The average molecular weight is 307 g/mol. The van der Waals surface area contributed by atoms with Crippen LogP contribution in [0.25, 0.3) is 10.4 Å². The number of rotatable bonds is 3. The van der Waals surface area contributed by atoms with Crippen molar-refractivity contribution in [2.75, 3.05) is 13.7 Å². The molecule has 2 saturated heterocycles. The monoisotopic (exact) mass is 307 g/mol. The Hall–Kier alpha value is -1.67. The molecule has 118 valence electrons. The number of hydrogen-bond donors (Lipinski definition) is 1. The fraction of sp³-hybridized carbons (Fsp3) is 0.571. The maximum Gasteiger partial charge on any atom is 0.184 e. The number of ether oxygens (including phenoxy) is 4. The highest BCUT2D eigenvalue weighted by Crippen LogP contribution is 2.35. The number of fused-ring (bicyclic) bond motifs is 1. The maximum absolute atomic E-state index is 10.2. The van der Waals surface area contributed by atoms with Crippen LogP contribution >= 0.6 is 0 Å². The quantitative estimate of drug-likeness (QED) is 0.517. The Kier molecular flexibility index (Phi) is 4.58. The van der Waals surface area contributed by atoms with Crippen LogP contribution in [0.4, 0.5) is 0 Å². The lowest BCUT2D eigenvalue weighted by Gasteiger charge is -2.46. The number of aliphatic hydroxyl groups excluding tert-OH is 1. The summed E-state index contributed by atoms with van der Waals surface area (Å²) in [5.41, 5.74) is 9.60. The van der Waals surface area contributed by atoms with E-state index in [1.807, 2.05) is 30.3 Å². The number of benzene rings is 1. The summed E-state index contributed by atoms with van der Waals surface area (Å²) in [6.07, 6.45) is -3.64. The molecule has 0 saturated carbocycles. The first-order valence-corrected chi connectivity index (χ1v) is 6.97. The molecular weight excluding hydrogens is 290 g/mol. The van der Waals surface area contributed by atoms with Crippen molar-refractivity contribution >= 4 is 0 Å². The van der Waals surface area contributed by atoms with Crippen LogP contribution in [0.2, 0.25) is 0 Å². The van der Waals surface area contributed by atoms with E-state index in [4.69, 9.17) is 24.5 Å². The van der Waals surface area contributed by atoms with Gasteiger partial charge < -0.3 is 24.1 Å². The van der Waals surface area contributed by atoms with Gasteiger partial charge in [0.05, 0.1) is 12.6 Å². The molecule has 0 bridgehead atoms. The molecule has 0 unspecified atom stereocenters. The SMILES string of the molecule is CO[C@@H]1O[C@@H]2CO[C@H](c3ccccc3)O[C@@H]2[C@@H](N=[N+]=[N-])[C@@H]1O. The number of methoxy groups -OCH3 is 1. The molecule has 1 N–H and O–H groups in total. The second kappa shape index (κ2) is 6.62. The zero-order valence-electron chi connectivity index (χ0n) is 12.0. The molecule has 0 aliphatic carbocycles. The van der Waals surface area contributed by atoms with Gasteiger partial charge in [-0.1, -0.05) is 35.4 Å². The lowest BCUT2D eigenvalue weighted by atomic mass is 9.96. The van der Waals surface area contributed by atoms with E-state index in [2.05, 4.69) is 10.0 Å². The summed E-state index contributed by atoms with van der Waals surface area (Å²) >= 11 is 0. The summed E-state index contributed by atoms with van der Waals surface area (Å²) in [4.78, 5) is 2.80. The van der Waals surface area contributed by atoms with Gasteiger partial charge in [-0.3, -0.25) is 0 Å². The van der Waals surface area contributed by atoms with Gasteiger partial charge >= 0.3 is 0 Å². The summed E-state index contributed by atoms with van der Waals surface area (Å²) < 4.78 is 22.2. The van der Waals surface area contributed by atoms with Crippen LogP contribution in [0.15, 0.2) is 35.4 Å². The Labute approximate surface area is 127 Å². The molecule has 0 spiro atoms. The summed E-state index contributed by atoms with van der Waals surface area (Å²) in [5, 5.41) is 13.9. The molecule has 6 atom stereocenters. The van der Waals surface area contributed by atoms with Crippen LogP contribution in [-0.2, 0) is 18.9 Å². The van der Waals surface area contributed by atoms with E-state index in [9.17, 15) is 5.11 Å². The van der Waals surface area contributed by atoms with E-state index in [-0.39, 0.29) is 6.61 Å². The van der Waals surface area contributed by atoms with E-state index in [1.165, 1.54) is 7.11 Å². The second-order valence-corrected chi connectivity index (χ2v) is 5.14. The van der Waals surface area contributed by atoms with Crippen molar-refractivity contribution < 1.29 is 24.1 Å². The van der Waals surface area contributed by atoms with Crippen molar-refractivity contribution in [2.45, 2.75) is 36.9 Å². The van der Waals surface area contributed by atoms with Crippen LogP contribution in [0.5, 0.6) is 0 Å². The van der Waals surface area contributed by atoms with Crippen LogP contribution in [-0.4, -0.2) is 49.5 Å². The highest BCUT2D eigenvalue weighted by molar-refractivity contribution is 5.16. The van der Waals surface area contributed by atoms with Gasteiger partial charge in [0.15, 0.2) is 12.6 Å². The molecule has 8 heteroatoms. The van der Waals surface area contributed by atoms with Gasteiger partial charge in [-0.25, -0.2) is 0 Å². The zero-order valence-corrected chi connectivity index (χ0v) is 12.0. The molecule has 22 heavy (non-hydrogen) atoms. The minimum atomic E-state index is -1.10. The molecule has 2 heterocycles. The number of hydrogen-bond acceptors (Lipinski definition) is 6. The Bertz CT molecular complexity index is 551. The molecule has 0 aromatic heterocycles. The minimum absolute atomic E-state index is 0.258. The standard InChI is InChI=1S/C14H17N3O5/c1-19-14-11(18)10(16-17-15)12-9(21-14)7-20-13(22-12)8-5-3-2-4-6-8/h2-6,9-14,18H,7H2,1H3/t9-,10+,11+,12+,13+,14-/m1/s1. The van der Waals surface area contributed by atoms with E-state index in [0.29, 0.717) is 0 Å². The largest absolute Gasteiger partial charge is 0.387 e. The molecule has 1 aromatic carbocycles. The molecule has 2 aliphatic rings. The Morgan fingerprint density at radius 3 is 2.77 bits per heavy atom. The topological polar surface area (TPSA) is 106 Å². The van der Waals surface area contributed by atoms with Crippen molar-refractivity contribution in [3.63, 3.8) is 0 Å². The third kappa shape index (κ3) is 2.80. The van der Waals surface area contributed by atoms with Gasteiger partial charge in [-0.2, -0.15) is 0 Å². The molecule has 8 nitrogen and oxygen atoms in total. The number of aliphatic hydroxyl groups is 1. The molecule has 3 rings (SSSR count). The smallest absolute Gasteiger partial charge is 0.184 e. The van der Waals surface area contributed by atoms with Gasteiger partial charge in [0.2, 0.25) is 0 Å². The van der Waals surface area contributed by atoms with Crippen LogP contribution in [0.3, 0.4) is 0 Å². The Morgan fingerprint density at radius 1 is 1.32 bits per heavy atom. The second-order valence-electron chi connectivity index (χ2n) is 5.14. The molecule has 2 fully saturated rings. The van der Waals surface area contributed by atoms with Crippen LogP contribution in [0.1, 0.15) is 11.9 Å². The number of azide groups is 1. The van der Waals surface area contributed by atoms with Gasteiger partial charge in [0.25, 0.3) is 0 Å². The van der Waals surface area contributed by atoms with Crippen LogP contribution < -0.4 is 0 Å². The lowest BCUT2D eigenvalue weighted by Crippen LogP contribution is -2.61. The summed E-state index contributed by atoms with van der Waals surface area (Å²) in [6, 6.07) is 8.62. The van der Waals surface area contributed by atoms with Crippen molar-refractivity contribution in [2.24, 2.45) is 5.11 Å².